The van der Waals surface area contributed by atoms with Crippen LogP contribution in [0.1, 0.15) is 51.1 Å². The summed E-state index contributed by atoms with van der Waals surface area (Å²) in [7, 11) is 0. The van der Waals surface area contributed by atoms with Crippen LogP contribution in [0, 0.1) is 17.9 Å². The minimum absolute atomic E-state index is 0.0835. The van der Waals surface area contributed by atoms with E-state index in [1.807, 2.05) is 140 Å². The zero-order chi connectivity index (χ0) is 86.8. The Morgan fingerprint density at radius 2 is 0.902 bits per heavy atom. The molecule has 17 aromatic carbocycles. The van der Waals surface area contributed by atoms with Gasteiger partial charge in [-0.25, -0.2) is 4.85 Å². The topological polar surface area (TPSA) is 57.6 Å². The molecule has 5 heterocycles. The van der Waals surface area contributed by atoms with E-state index >= 15 is 0 Å². The second kappa shape index (κ2) is 24.9. The molecule has 0 saturated heterocycles. The van der Waals surface area contributed by atoms with Crippen molar-refractivity contribution >= 4 is 150 Å². The van der Waals surface area contributed by atoms with Gasteiger partial charge in [-0.3, -0.25) is 0 Å². The average molecular weight is 1440 g/mol. The van der Waals surface area contributed by atoms with Crippen molar-refractivity contribution < 1.29 is 23.6 Å². The van der Waals surface area contributed by atoms with Gasteiger partial charge in [-0.1, -0.05) is 257 Å². The summed E-state index contributed by atoms with van der Waals surface area (Å²) < 4.78 is 145. The molecule has 0 spiro atoms. The number of aromatic nitrogens is 2. The van der Waals surface area contributed by atoms with Gasteiger partial charge in [0.2, 0.25) is 0 Å². The lowest BCUT2D eigenvalue weighted by Crippen LogP contribution is -2.61. The van der Waals surface area contributed by atoms with Crippen LogP contribution in [0.2, 0.25) is 0 Å². The van der Waals surface area contributed by atoms with E-state index in [1.165, 1.54) is 0 Å². The highest BCUT2D eigenvalue weighted by molar-refractivity contribution is 7.00. The van der Waals surface area contributed by atoms with Gasteiger partial charge < -0.3 is 23.4 Å². The third-order valence-corrected chi connectivity index (χ3v) is 22.6. The summed E-state index contributed by atoms with van der Waals surface area (Å²) in [5.74, 6) is 0. The van der Waals surface area contributed by atoms with Crippen LogP contribution < -0.4 is 26.2 Å². The largest absolute Gasteiger partial charge is 0.456 e. The highest BCUT2D eigenvalue weighted by Gasteiger charge is 2.46. The minimum Gasteiger partial charge on any atom is -0.456 e. The fourth-order valence-corrected chi connectivity index (χ4v) is 17.5. The Bertz CT molecular complexity index is 8320. The van der Waals surface area contributed by atoms with Gasteiger partial charge in [-0.2, -0.15) is 5.26 Å². The van der Waals surface area contributed by atoms with Crippen molar-refractivity contribution in [3.8, 4) is 73.1 Å². The summed E-state index contributed by atoms with van der Waals surface area (Å²) in [5.41, 5.74) is 15.5. The van der Waals surface area contributed by atoms with E-state index in [4.69, 9.17) is 11.0 Å². The van der Waals surface area contributed by atoms with E-state index in [2.05, 4.69) is 169 Å². The fourth-order valence-electron chi connectivity index (χ4n) is 17.5. The van der Waals surface area contributed by atoms with Crippen molar-refractivity contribution in [2.24, 2.45) is 0 Å². The maximum Gasteiger partial charge on any atom is 0.252 e. The van der Waals surface area contributed by atoms with Crippen molar-refractivity contribution in [1.29, 1.82) is 5.26 Å². The first kappa shape index (κ1) is 51.6. The number of hydrogen-bond donors (Lipinski definition) is 0. The number of benzene rings is 17. The standard InChI is InChI=1S/C104H67BN6O/c1-104(2,3)73-58-84(66-25-10-6-11-26-66)103(85(59-73)67-27-12-7-13-28-67)111-96-62-75(108-91-36-19-16-31-81(91)86-53-64(63-106)39-50-93(86)108)45-49-90(96)105-89-48-46-76(109-92-37-20-17-32-82(92)87-60-74(107-4)44-51-94(87)109)61-95(89)110(97-56-72(57-98(111)101(97)105)69-43-52-100-88(55-69)83-33-18-21-38-99(83)112-100)102-79(65-23-8-5-9-24-65)34-22-35-80(102)71-42-47-78-70(54-71)41-40-68-29-14-15-30-77(68)78/h5-62H,1-3H3/i16D,17D,19D,20D,31D,32D,36D,37D,39D,44D,50D,51D,53D,60D. The normalized spacial score (nSPS) is 14.3. The first-order valence-corrected chi connectivity index (χ1v) is 37.2. The van der Waals surface area contributed by atoms with Crippen molar-refractivity contribution in [1.82, 2.24) is 9.13 Å². The predicted molar refractivity (Wildman–Crippen MR) is 468 cm³/mol. The summed E-state index contributed by atoms with van der Waals surface area (Å²) in [5, 5.41) is 16.3. The van der Waals surface area contributed by atoms with E-state index in [-0.39, 0.29) is 55.0 Å². The number of furan rings is 1. The van der Waals surface area contributed by atoms with Gasteiger partial charge in [0, 0.05) is 86.1 Å². The first-order valence-electron chi connectivity index (χ1n) is 44.2. The van der Waals surface area contributed by atoms with Gasteiger partial charge in [0.1, 0.15) is 11.2 Å². The molecule has 0 bridgehead atoms. The maximum atomic E-state index is 10.7. The molecule has 2 aliphatic rings. The van der Waals surface area contributed by atoms with Crippen LogP contribution in [0.3, 0.4) is 0 Å². The van der Waals surface area contributed by atoms with Crippen molar-refractivity contribution in [3.63, 3.8) is 0 Å². The minimum atomic E-state index is -0.844. The molecule has 0 saturated carbocycles. The molecule has 8 heteroatoms. The van der Waals surface area contributed by atoms with Gasteiger partial charge in [0.25, 0.3) is 6.71 Å². The van der Waals surface area contributed by atoms with Crippen molar-refractivity contribution in [2.45, 2.75) is 26.2 Å². The maximum absolute atomic E-state index is 10.7. The molecule has 0 aliphatic carbocycles. The van der Waals surface area contributed by atoms with Gasteiger partial charge in [-0.15, -0.1) is 0 Å². The number of anilines is 6. The molecule has 0 unspecified atom stereocenters. The zero-order valence-corrected chi connectivity index (χ0v) is 60.6. The van der Waals surface area contributed by atoms with Crippen LogP contribution in [-0.4, -0.2) is 15.8 Å². The van der Waals surface area contributed by atoms with Crippen molar-refractivity contribution in [3.05, 3.63) is 374 Å². The highest BCUT2D eigenvalue weighted by atomic mass is 16.3. The van der Waals surface area contributed by atoms with Gasteiger partial charge in [-0.05, 0) is 203 Å². The highest BCUT2D eigenvalue weighted by Crippen LogP contribution is 2.56. The molecule has 2 aliphatic heterocycles. The number of fused-ring (bicyclic) bond motifs is 16. The van der Waals surface area contributed by atoms with E-state index in [0.29, 0.717) is 50.5 Å². The number of nitrogens with zero attached hydrogens (tertiary/aromatic N) is 6. The monoisotopic (exact) mass is 1440 g/mol. The lowest BCUT2D eigenvalue weighted by molar-refractivity contribution is 0.591. The van der Waals surface area contributed by atoms with Gasteiger partial charge in [0.15, 0.2) is 5.69 Å². The molecule has 3 aromatic heterocycles. The molecule has 0 fully saturated rings. The number of nitriles is 1. The van der Waals surface area contributed by atoms with Crippen molar-refractivity contribution in [2.75, 3.05) is 9.80 Å². The molecular formula is C104H67BN6O. The molecule has 522 valence electrons. The summed E-state index contributed by atoms with van der Waals surface area (Å²) in [6.07, 6.45) is 0. The number of hydrogen-bond acceptors (Lipinski definition) is 4. The lowest BCUT2D eigenvalue weighted by Gasteiger charge is -2.46. The Morgan fingerprint density at radius 3 is 1.53 bits per heavy atom. The summed E-state index contributed by atoms with van der Waals surface area (Å²) in [4.78, 5) is 8.24. The Hall–Kier alpha value is -14.7. The predicted octanol–water partition coefficient (Wildman–Crippen LogP) is 26.2. The van der Waals surface area contributed by atoms with E-state index in [0.717, 1.165) is 105 Å². The second-order valence-electron chi connectivity index (χ2n) is 29.8. The Kier molecular flexibility index (Phi) is 11.5. The SMILES string of the molecule is [2H]c1c([2H])c([2H])c2c(c1[2H])c1c([2H])c(C#N)c([2H])c([2H])c1n2-c1ccc2c(c1)N(c1c(-c3ccccc3)cc(C(C)(C)C)cc1-c1ccccc1)c1cc(-c3ccc4oc5ccccc5c4c3)cc3c1B2c1ccc(-n2c4c([2H])c([2H])c([2H])c([2H])c4c4c([2H])c([N+]#[C-])c([2H])c([2H])c42)cc1N3c1c(-c2ccccc2)cccc1-c1ccc2c(ccc3ccccc32)c1. The third kappa shape index (κ3) is 9.92. The summed E-state index contributed by atoms with van der Waals surface area (Å²) in [6, 6.07) is 85.5. The summed E-state index contributed by atoms with van der Waals surface area (Å²) in [6.45, 7) is 14.1. The molecule has 112 heavy (non-hydrogen) atoms. The Morgan fingerprint density at radius 1 is 0.384 bits per heavy atom. The van der Waals surface area contributed by atoms with Crippen LogP contribution in [0.5, 0.6) is 0 Å². The lowest BCUT2D eigenvalue weighted by atomic mass is 9.33. The van der Waals surface area contributed by atoms with E-state index in [1.54, 1.807) is 9.13 Å². The van der Waals surface area contributed by atoms with E-state index in [9.17, 15) is 24.5 Å². The number of para-hydroxylation sites is 4. The average Bonchev–Trinajstić information content (AvgIpc) is 0.981. The Balaban J connectivity index is 0.961. The zero-order valence-electron chi connectivity index (χ0n) is 74.6. The molecule has 0 atom stereocenters. The van der Waals surface area contributed by atoms with E-state index < -0.39 is 108 Å². The second-order valence-corrected chi connectivity index (χ2v) is 29.8. The van der Waals surface area contributed by atoms with Crippen LogP contribution in [-0.2, 0) is 5.41 Å². The molecular weight excluding hydrogens is 1360 g/mol. The summed E-state index contributed by atoms with van der Waals surface area (Å²) >= 11 is 0. The van der Waals surface area contributed by atoms with Gasteiger partial charge >= 0.3 is 0 Å². The molecule has 0 N–H and O–H groups in total. The van der Waals surface area contributed by atoms with Crippen LogP contribution in [0.25, 0.3) is 159 Å². The first-order chi connectivity index (χ1) is 60.9. The third-order valence-electron chi connectivity index (χ3n) is 22.6. The number of rotatable bonds is 9. The van der Waals surface area contributed by atoms with Crippen LogP contribution >= 0.6 is 0 Å². The molecule has 22 rings (SSSR count). The smallest absolute Gasteiger partial charge is 0.252 e. The van der Waals surface area contributed by atoms with Gasteiger partial charge in [0.05, 0.1) is 68.1 Å². The molecule has 20 aromatic rings. The van der Waals surface area contributed by atoms with Crippen LogP contribution in [0.15, 0.2) is 356 Å². The quantitative estimate of drug-likeness (QED) is 0.0821. The van der Waals surface area contributed by atoms with Crippen LogP contribution in [0.4, 0.5) is 39.8 Å². The fraction of sp³-hybridized carbons (Fsp3) is 0.0385. The Labute approximate surface area is 667 Å². The molecule has 0 radical (unpaired) electrons. The molecule has 7 nitrogen and oxygen atoms in total. The molecule has 0 amide bonds.